The lowest BCUT2D eigenvalue weighted by atomic mass is 9.72. The van der Waals surface area contributed by atoms with E-state index in [2.05, 4.69) is 11.4 Å². The number of hydrogen-bond acceptors (Lipinski definition) is 9. The molecule has 0 spiro atoms. The van der Waals surface area contributed by atoms with Crippen LogP contribution in [0.3, 0.4) is 0 Å². The molecular formula is C30H36N2O7. The average molecular weight is 537 g/mol. The molecule has 0 amide bonds. The van der Waals surface area contributed by atoms with Crippen LogP contribution in [0.5, 0.6) is 11.5 Å². The maximum Gasteiger partial charge on any atom is 0.341 e. The molecule has 2 aromatic rings. The van der Waals surface area contributed by atoms with Crippen LogP contribution in [0.2, 0.25) is 0 Å². The number of aryl methyl sites for hydroxylation is 1. The fourth-order valence-electron chi connectivity index (χ4n) is 6.56. The summed E-state index contributed by atoms with van der Waals surface area (Å²) >= 11 is 0. The fourth-order valence-corrected chi connectivity index (χ4v) is 6.56. The summed E-state index contributed by atoms with van der Waals surface area (Å²) in [6.07, 6.45) is 8.51. The molecule has 6 rings (SSSR count). The van der Waals surface area contributed by atoms with Gasteiger partial charge in [-0.3, -0.25) is 4.79 Å². The monoisotopic (exact) mass is 536 g/mol. The predicted octanol–water partition coefficient (Wildman–Crippen LogP) is 3.87. The van der Waals surface area contributed by atoms with Crippen LogP contribution in [0.15, 0.2) is 44.9 Å². The van der Waals surface area contributed by atoms with Crippen LogP contribution in [0.25, 0.3) is 11.0 Å². The largest absolute Gasteiger partial charge is 0.507 e. The summed E-state index contributed by atoms with van der Waals surface area (Å²) in [4.78, 5) is 26.1. The molecule has 9 heteroatoms. The Bertz CT molecular complexity index is 1480. The number of hydrogen-bond donors (Lipinski definition) is 3. The Balaban J connectivity index is 1.21. The highest BCUT2D eigenvalue weighted by Crippen LogP contribution is 2.54. The summed E-state index contributed by atoms with van der Waals surface area (Å²) in [6, 6.07) is 2.96. The van der Waals surface area contributed by atoms with Crippen LogP contribution in [-0.2, 0) is 20.7 Å². The molecule has 1 aromatic heterocycles. The first-order valence-corrected chi connectivity index (χ1v) is 13.7. The summed E-state index contributed by atoms with van der Waals surface area (Å²) in [7, 11) is 0. The third-order valence-electron chi connectivity index (χ3n) is 9.01. The highest BCUT2D eigenvalue weighted by Gasteiger charge is 2.63. The standard InChI is InChI=1S/C30H36N2O7/c1-16-11-19(33)25-21(36-16)14-20-18(26(25)34)13-22(28(2,3)38-20)37-27(35)29(4)23(39-29)15-30(8-5-6-9-30)17-7-10-32-24(31)12-17/h7,11-12,14,22-23,32,34H,5-6,8-10,13,15,31H2,1-4H3. The average Bonchev–Trinajstić information content (AvgIpc) is 3.27. The second kappa shape index (κ2) is 8.78. The van der Waals surface area contributed by atoms with Crippen molar-refractivity contribution in [1.82, 2.24) is 5.32 Å². The van der Waals surface area contributed by atoms with E-state index >= 15 is 0 Å². The van der Waals surface area contributed by atoms with Gasteiger partial charge in [-0.15, -0.1) is 0 Å². The summed E-state index contributed by atoms with van der Waals surface area (Å²) in [6.45, 7) is 7.83. The quantitative estimate of drug-likeness (QED) is 0.384. The van der Waals surface area contributed by atoms with E-state index in [1.165, 1.54) is 11.6 Å². The number of esters is 1. The Morgan fingerprint density at radius 3 is 2.69 bits per heavy atom. The van der Waals surface area contributed by atoms with Gasteiger partial charge >= 0.3 is 5.97 Å². The number of carbonyl (C=O) groups is 1. The Hall–Kier alpha value is -3.46. The lowest BCUT2D eigenvalue weighted by Gasteiger charge is -2.39. The summed E-state index contributed by atoms with van der Waals surface area (Å²) in [5, 5.41) is 14.2. The van der Waals surface area contributed by atoms with Gasteiger partial charge in [0.1, 0.15) is 39.9 Å². The molecule has 208 valence electrons. The zero-order chi connectivity index (χ0) is 27.7. The predicted molar refractivity (Wildman–Crippen MR) is 144 cm³/mol. The SMILES string of the molecule is Cc1cc(=O)c2c(O)c3c(cc2o1)OC(C)(C)C(OC(=O)C1(C)OC1CC1(C2=CCNC(N)=C2)CCCC1)C3. The van der Waals surface area contributed by atoms with Gasteiger partial charge in [0, 0.05) is 30.7 Å². The van der Waals surface area contributed by atoms with Crippen LogP contribution >= 0.6 is 0 Å². The third kappa shape index (κ3) is 4.27. The van der Waals surface area contributed by atoms with E-state index in [0.717, 1.165) is 32.1 Å². The van der Waals surface area contributed by atoms with E-state index in [-0.39, 0.29) is 40.1 Å². The number of carbonyl (C=O) groups excluding carboxylic acids is 1. The number of nitrogens with two attached hydrogens (primary N) is 1. The number of aromatic hydroxyl groups is 1. The first-order valence-electron chi connectivity index (χ1n) is 13.7. The normalized spacial score (nSPS) is 28.5. The summed E-state index contributed by atoms with van der Waals surface area (Å²) in [5.74, 6) is 0.863. The minimum atomic E-state index is -1.06. The van der Waals surface area contributed by atoms with Gasteiger partial charge in [0.2, 0.25) is 0 Å². The van der Waals surface area contributed by atoms with E-state index in [1.807, 2.05) is 19.9 Å². The molecular weight excluding hydrogens is 500 g/mol. The molecule has 4 N–H and O–H groups in total. The molecule has 2 fully saturated rings. The molecule has 39 heavy (non-hydrogen) atoms. The number of dihydropyridines is 1. The van der Waals surface area contributed by atoms with Gasteiger partial charge in [0.15, 0.2) is 11.0 Å². The first-order chi connectivity index (χ1) is 18.4. The molecule has 1 saturated carbocycles. The molecule has 0 radical (unpaired) electrons. The number of phenols is 1. The number of phenolic OH excluding ortho intramolecular Hbond substituents is 1. The lowest BCUT2D eigenvalue weighted by molar-refractivity contribution is -0.167. The number of allylic oxidation sites excluding steroid dienone is 2. The molecule has 3 aliphatic heterocycles. The molecule has 4 heterocycles. The van der Waals surface area contributed by atoms with Crippen LogP contribution in [0.4, 0.5) is 0 Å². The number of epoxide rings is 1. The van der Waals surface area contributed by atoms with Gasteiger partial charge in [-0.25, -0.2) is 4.79 Å². The second-order valence-corrected chi connectivity index (χ2v) is 12.1. The maximum atomic E-state index is 13.5. The Morgan fingerprint density at radius 2 is 1.97 bits per heavy atom. The molecule has 3 atom stereocenters. The van der Waals surface area contributed by atoms with Gasteiger partial charge < -0.3 is 34.8 Å². The molecule has 9 nitrogen and oxygen atoms in total. The number of fused-ring (bicyclic) bond motifs is 2. The van der Waals surface area contributed by atoms with Crippen molar-refractivity contribution in [3.8, 4) is 11.5 Å². The van der Waals surface area contributed by atoms with Crippen molar-refractivity contribution in [2.45, 2.75) is 89.6 Å². The zero-order valence-electron chi connectivity index (χ0n) is 22.9. The van der Waals surface area contributed by atoms with Crippen molar-refractivity contribution in [3.05, 3.63) is 57.2 Å². The van der Waals surface area contributed by atoms with Crippen LogP contribution < -0.4 is 21.2 Å². The van der Waals surface area contributed by atoms with Crippen molar-refractivity contribution in [3.63, 3.8) is 0 Å². The smallest absolute Gasteiger partial charge is 0.341 e. The summed E-state index contributed by atoms with van der Waals surface area (Å²) in [5.41, 5.74) is 5.63. The Morgan fingerprint density at radius 1 is 1.23 bits per heavy atom. The molecule has 4 aliphatic rings. The third-order valence-corrected chi connectivity index (χ3v) is 9.01. The van der Waals surface area contributed by atoms with Gasteiger partial charge in [-0.05, 0) is 64.0 Å². The van der Waals surface area contributed by atoms with Gasteiger partial charge in [0.05, 0.1) is 11.9 Å². The van der Waals surface area contributed by atoms with Crippen molar-refractivity contribution in [1.29, 1.82) is 0 Å². The van der Waals surface area contributed by atoms with Gasteiger partial charge in [0.25, 0.3) is 0 Å². The minimum Gasteiger partial charge on any atom is -0.507 e. The van der Waals surface area contributed by atoms with E-state index in [0.29, 0.717) is 29.4 Å². The van der Waals surface area contributed by atoms with Crippen LogP contribution in [-0.4, -0.2) is 41.0 Å². The molecule has 1 aliphatic carbocycles. The lowest BCUT2D eigenvalue weighted by Crippen LogP contribution is -2.50. The minimum absolute atomic E-state index is 0.0616. The van der Waals surface area contributed by atoms with Crippen molar-refractivity contribution >= 4 is 16.9 Å². The molecule has 1 aromatic carbocycles. The summed E-state index contributed by atoms with van der Waals surface area (Å²) < 4.78 is 24.0. The molecule has 3 unspecified atom stereocenters. The van der Waals surface area contributed by atoms with Crippen LogP contribution in [0.1, 0.15) is 64.2 Å². The maximum absolute atomic E-state index is 13.5. The molecule has 0 bridgehead atoms. The highest BCUT2D eigenvalue weighted by molar-refractivity contribution is 5.87. The van der Waals surface area contributed by atoms with Crippen molar-refractivity contribution in [2.75, 3.05) is 6.54 Å². The van der Waals surface area contributed by atoms with E-state index in [9.17, 15) is 14.7 Å². The van der Waals surface area contributed by atoms with Gasteiger partial charge in [-0.1, -0.05) is 18.9 Å². The Labute approximate surface area is 227 Å². The van der Waals surface area contributed by atoms with Crippen molar-refractivity contribution in [2.24, 2.45) is 11.1 Å². The van der Waals surface area contributed by atoms with Crippen molar-refractivity contribution < 1.29 is 28.5 Å². The number of rotatable bonds is 5. The van der Waals surface area contributed by atoms with Crippen LogP contribution in [0, 0.1) is 12.3 Å². The highest BCUT2D eigenvalue weighted by atomic mass is 16.7. The number of ether oxygens (including phenoxy) is 3. The second-order valence-electron chi connectivity index (χ2n) is 12.1. The van der Waals surface area contributed by atoms with E-state index < -0.39 is 23.3 Å². The topological polar surface area (TPSA) is 137 Å². The van der Waals surface area contributed by atoms with E-state index in [1.54, 1.807) is 19.9 Å². The van der Waals surface area contributed by atoms with E-state index in [4.69, 9.17) is 24.4 Å². The first kappa shape index (κ1) is 25.8. The number of benzene rings is 1. The Kier molecular flexibility index (Phi) is 5.81. The molecule has 1 saturated heterocycles. The zero-order valence-corrected chi connectivity index (χ0v) is 22.9. The fraction of sp³-hybridized carbons (Fsp3) is 0.533. The number of nitrogens with one attached hydrogen (secondary N) is 1. The van der Waals surface area contributed by atoms with Gasteiger partial charge in [-0.2, -0.15) is 0 Å².